The van der Waals surface area contributed by atoms with Crippen LogP contribution in [0.15, 0.2) is 53.5 Å². The smallest absolute Gasteiger partial charge is 0.371 e. The molecule has 0 radical (unpaired) electrons. The van der Waals surface area contributed by atoms with Gasteiger partial charge in [0.05, 0.1) is 0 Å². The van der Waals surface area contributed by atoms with Gasteiger partial charge in [0.2, 0.25) is 5.84 Å². The third-order valence-electron chi connectivity index (χ3n) is 4.59. The van der Waals surface area contributed by atoms with Crippen LogP contribution in [0.25, 0.3) is 11.1 Å². The van der Waals surface area contributed by atoms with Crippen molar-refractivity contribution >= 4 is 17.5 Å². The quantitative estimate of drug-likeness (QED) is 0.664. The maximum Gasteiger partial charge on any atom is 0.371 e. The maximum atomic E-state index is 11.1. The van der Waals surface area contributed by atoms with Crippen molar-refractivity contribution in [3.63, 3.8) is 0 Å². The van der Waals surface area contributed by atoms with Gasteiger partial charge in [-0.2, -0.15) is 0 Å². The number of aliphatic imine (C=N–C) groups is 1. The molecule has 25 heavy (non-hydrogen) atoms. The number of para-hydroxylation sites is 1. The normalized spacial score (nSPS) is 18.2. The molecule has 3 N–H and O–H groups in total. The minimum Gasteiger partial charge on any atom is -0.475 e. The minimum atomic E-state index is -1.17. The van der Waals surface area contributed by atoms with E-state index in [9.17, 15) is 4.79 Å². The van der Waals surface area contributed by atoms with Gasteiger partial charge in [0.1, 0.15) is 6.17 Å². The molecule has 130 valence electrons. The molecule has 2 aromatic rings. The molecule has 0 amide bonds. The van der Waals surface area contributed by atoms with Crippen LogP contribution in [0.5, 0.6) is 0 Å². The average molecular weight is 337 g/mol. The number of nitrogens with zero attached hydrogens (tertiary/aromatic N) is 2. The third kappa shape index (κ3) is 3.65. The number of hydrogen-bond donors (Lipinski definition) is 2. The van der Waals surface area contributed by atoms with Crippen molar-refractivity contribution < 1.29 is 9.90 Å². The van der Waals surface area contributed by atoms with Crippen LogP contribution in [-0.4, -0.2) is 29.6 Å². The van der Waals surface area contributed by atoms with Crippen molar-refractivity contribution in [1.29, 1.82) is 0 Å². The summed E-state index contributed by atoms with van der Waals surface area (Å²) in [6.07, 6.45) is 2.63. The number of hydrogen-bond acceptors (Lipinski definition) is 3. The molecule has 0 spiro atoms. The summed E-state index contributed by atoms with van der Waals surface area (Å²) in [4.78, 5) is 17.6. The summed E-state index contributed by atoms with van der Waals surface area (Å²) in [5.74, 6) is -1.50. The summed E-state index contributed by atoms with van der Waals surface area (Å²) >= 11 is 0. The Bertz CT molecular complexity index is 787. The largest absolute Gasteiger partial charge is 0.475 e. The maximum absolute atomic E-state index is 11.1. The van der Waals surface area contributed by atoms with Gasteiger partial charge in [0.25, 0.3) is 0 Å². The van der Waals surface area contributed by atoms with Gasteiger partial charge in [-0.25, -0.2) is 9.79 Å². The minimum absolute atomic E-state index is 0.242. The van der Waals surface area contributed by atoms with Gasteiger partial charge in [-0.15, -0.1) is 0 Å². The molecule has 0 aliphatic carbocycles. The van der Waals surface area contributed by atoms with E-state index in [2.05, 4.69) is 47.1 Å². The number of amidine groups is 1. The molecule has 5 nitrogen and oxygen atoms in total. The molecule has 5 heteroatoms. The van der Waals surface area contributed by atoms with E-state index in [-0.39, 0.29) is 12.0 Å². The van der Waals surface area contributed by atoms with Crippen LogP contribution in [0.2, 0.25) is 0 Å². The number of carboxylic acid groups (broad SMARTS) is 1. The molecular weight excluding hydrogens is 314 g/mol. The topological polar surface area (TPSA) is 78.9 Å². The van der Waals surface area contributed by atoms with Crippen molar-refractivity contribution in [1.82, 2.24) is 0 Å². The van der Waals surface area contributed by atoms with Gasteiger partial charge in [-0.1, -0.05) is 48.5 Å². The Balaban J connectivity index is 2.07. The number of aryl methyl sites for hydroxylation is 1. The fraction of sp³-hybridized carbons (Fsp3) is 0.300. The molecule has 0 bridgehead atoms. The van der Waals surface area contributed by atoms with Gasteiger partial charge in [-0.3, -0.25) is 0 Å². The zero-order valence-electron chi connectivity index (χ0n) is 14.4. The van der Waals surface area contributed by atoms with Gasteiger partial charge in [-0.05, 0) is 37.3 Å². The Morgan fingerprint density at radius 1 is 1.16 bits per heavy atom. The lowest BCUT2D eigenvalue weighted by atomic mass is 9.97. The first-order valence-electron chi connectivity index (χ1n) is 8.56. The molecule has 1 atom stereocenters. The molecule has 1 unspecified atom stereocenters. The first kappa shape index (κ1) is 17.0. The van der Waals surface area contributed by atoms with Gasteiger partial charge in [0.15, 0.2) is 0 Å². The van der Waals surface area contributed by atoms with Crippen molar-refractivity contribution in [2.45, 2.75) is 32.4 Å². The molecule has 3 rings (SSSR count). The van der Waals surface area contributed by atoms with E-state index in [1.165, 1.54) is 0 Å². The highest BCUT2D eigenvalue weighted by Crippen LogP contribution is 2.37. The molecule has 1 aliphatic heterocycles. The van der Waals surface area contributed by atoms with E-state index in [0.717, 1.165) is 48.2 Å². The molecule has 1 heterocycles. The predicted octanol–water partition coefficient (Wildman–Crippen LogP) is 3.42. The number of rotatable bonds is 3. The summed E-state index contributed by atoms with van der Waals surface area (Å²) in [5, 5.41) is 9.08. The first-order chi connectivity index (χ1) is 12.1. The molecule has 0 saturated carbocycles. The number of aliphatic carboxylic acids is 1. The van der Waals surface area contributed by atoms with Gasteiger partial charge in [0, 0.05) is 17.8 Å². The number of carboxylic acids is 1. The number of piperidine rings is 1. The molecule has 1 aliphatic rings. The van der Waals surface area contributed by atoms with Crippen molar-refractivity contribution in [2.75, 3.05) is 11.4 Å². The van der Waals surface area contributed by atoms with Gasteiger partial charge >= 0.3 is 5.97 Å². The highest BCUT2D eigenvalue weighted by molar-refractivity contribution is 6.33. The monoisotopic (exact) mass is 337 g/mol. The Kier molecular flexibility index (Phi) is 5.03. The zero-order valence-corrected chi connectivity index (χ0v) is 14.4. The van der Waals surface area contributed by atoms with Crippen LogP contribution >= 0.6 is 0 Å². The van der Waals surface area contributed by atoms with Crippen LogP contribution in [0.4, 0.5) is 5.69 Å². The number of anilines is 1. The van der Waals surface area contributed by atoms with Crippen LogP contribution in [0, 0.1) is 6.92 Å². The summed E-state index contributed by atoms with van der Waals surface area (Å²) in [6, 6.07) is 16.5. The van der Waals surface area contributed by atoms with E-state index in [1.807, 2.05) is 18.2 Å². The van der Waals surface area contributed by atoms with Crippen LogP contribution in [0.3, 0.4) is 0 Å². The number of carbonyl (C=O) groups is 1. The van der Waals surface area contributed by atoms with Gasteiger partial charge < -0.3 is 15.7 Å². The van der Waals surface area contributed by atoms with E-state index < -0.39 is 5.97 Å². The van der Waals surface area contributed by atoms with Crippen LogP contribution in [-0.2, 0) is 4.79 Å². The zero-order chi connectivity index (χ0) is 17.8. The average Bonchev–Trinajstić information content (AvgIpc) is 2.63. The third-order valence-corrected chi connectivity index (χ3v) is 4.59. The Morgan fingerprint density at radius 3 is 2.64 bits per heavy atom. The van der Waals surface area contributed by atoms with Crippen molar-refractivity contribution in [3.8, 4) is 11.1 Å². The Morgan fingerprint density at radius 2 is 1.92 bits per heavy atom. The second kappa shape index (κ2) is 7.38. The number of benzene rings is 2. The lowest BCUT2D eigenvalue weighted by Crippen LogP contribution is -2.41. The van der Waals surface area contributed by atoms with Crippen LogP contribution < -0.4 is 10.6 Å². The lowest BCUT2D eigenvalue weighted by Gasteiger charge is -2.37. The highest BCUT2D eigenvalue weighted by Gasteiger charge is 2.26. The number of nitrogens with two attached hydrogens (primary N) is 1. The van der Waals surface area contributed by atoms with E-state index in [1.54, 1.807) is 0 Å². The summed E-state index contributed by atoms with van der Waals surface area (Å²) in [5.41, 5.74) is 10.1. The lowest BCUT2D eigenvalue weighted by molar-refractivity contribution is -0.129. The summed E-state index contributed by atoms with van der Waals surface area (Å²) in [7, 11) is 0. The predicted molar refractivity (Wildman–Crippen MR) is 101 cm³/mol. The summed E-state index contributed by atoms with van der Waals surface area (Å²) < 4.78 is 0. The molecule has 0 aromatic heterocycles. The summed E-state index contributed by atoms with van der Waals surface area (Å²) in [6.45, 7) is 2.92. The highest BCUT2D eigenvalue weighted by atomic mass is 16.4. The van der Waals surface area contributed by atoms with E-state index in [0.29, 0.717) is 0 Å². The second-order valence-electron chi connectivity index (χ2n) is 6.33. The fourth-order valence-corrected chi connectivity index (χ4v) is 3.42. The molecule has 1 fully saturated rings. The Hall–Kier alpha value is -2.82. The Labute approximate surface area is 147 Å². The van der Waals surface area contributed by atoms with E-state index in [4.69, 9.17) is 10.8 Å². The molecule has 2 aromatic carbocycles. The standard InChI is InChI=1S/C20H23N3O2/c1-14-8-7-11-16(15-9-3-2-4-10-15)18(14)23-13-6-5-12-17(23)22-19(21)20(24)25/h2-4,7-11,17H,5-6,12-13H2,1H3,(H2,21,22)(H,24,25). The van der Waals surface area contributed by atoms with Crippen LogP contribution in [0.1, 0.15) is 24.8 Å². The molecular formula is C20H23N3O2. The van der Waals surface area contributed by atoms with Crippen molar-refractivity contribution in [3.05, 3.63) is 54.1 Å². The second-order valence-corrected chi connectivity index (χ2v) is 6.33. The fourth-order valence-electron chi connectivity index (χ4n) is 3.42. The van der Waals surface area contributed by atoms with E-state index >= 15 is 0 Å². The van der Waals surface area contributed by atoms with Crippen molar-refractivity contribution in [2.24, 2.45) is 10.7 Å². The SMILES string of the molecule is Cc1cccc(-c2ccccc2)c1N1CCCCC1/N=C(\N)C(=O)O. The molecule has 1 saturated heterocycles. The first-order valence-corrected chi connectivity index (χ1v) is 8.56.